The number of aromatic nitrogens is 3. The fourth-order valence-corrected chi connectivity index (χ4v) is 5.26. The van der Waals surface area contributed by atoms with Crippen molar-refractivity contribution < 1.29 is 23.8 Å². The molecule has 4 heterocycles. The SMILES string of the molecule is O=C(O)c1ccc2nc(CN3CC=C(c4cccnc4OCc4ccc(Cl)cc4F)CC3)n(C[C@@H]3CCO3)c2c1. The number of imidazole rings is 1. The molecule has 0 unspecified atom stereocenters. The molecule has 1 N–H and O–H groups in total. The third-order valence-electron chi connectivity index (χ3n) is 7.41. The van der Waals surface area contributed by atoms with Crippen LogP contribution in [0.4, 0.5) is 4.39 Å². The molecule has 2 aromatic carbocycles. The molecular weight excluding hydrogens is 535 g/mol. The molecule has 8 nitrogen and oxygen atoms in total. The molecular formula is C30H28ClFN4O4. The van der Waals surface area contributed by atoms with Crippen LogP contribution in [0.3, 0.4) is 0 Å². The van der Waals surface area contributed by atoms with Gasteiger partial charge >= 0.3 is 5.97 Å². The van der Waals surface area contributed by atoms with E-state index >= 15 is 0 Å². The average molecular weight is 563 g/mol. The topological polar surface area (TPSA) is 89.7 Å². The summed E-state index contributed by atoms with van der Waals surface area (Å²) in [7, 11) is 0. The van der Waals surface area contributed by atoms with E-state index in [4.69, 9.17) is 26.1 Å². The molecule has 206 valence electrons. The van der Waals surface area contributed by atoms with Crippen LogP contribution in [0.1, 0.15) is 40.2 Å². The van der Waals surface area contributed by atoms with Crippen LogP contribution in [0.2, 0.25) is 5.02 Å². The number of halogens is 2. The highest BCUT2D eigenvalue weighted by Gasteiger charge is 2.24. The number of fused-ring (bicyclic) bond motifs is 1. The maximum atomic E-state index is 14.2. The minimum Gasteiger partial charge on any atom is -0.478 e. The molecule has 0 spiro atoms. The standard InChI is InChI=1S/C30H28ClFN4O4/c31-22-5-3-21(25(32)15-22)18-40-29-24(2-1-10-33-29)19-7-11-35(12-8-19)17-28-34-26-6-4-20(30(37)38)14-27(26)36(28)16-23-9-13-39-23/h1-7,10,14-15,23H,8-9,11-13,16-18H2,(H,37,38)/t23-/m0/s1. The van der Waals surface area contributed by atoms with E-state index in [1.54, 1.807) is 36.5 Å². The quantitative estimate of drug-likeness (QED) is 0.285. The maximum Gasteiger partial charge on any atom is 0.335 e. The van der Waals surface area contributed by atoms with Gasteiger partial charge in [-0.1, -0.05) is 23.7 Å². The number of nitrogens with zero attached hydrogens (tertiary/aromatic N) is 4. The summed E-state index contributed by atoms with van der Waals surface area (Å²) in [6.07, 6.45) is 5.71. The predicted octanol–water partition coefficient (Wildman–Crippen LogP) is 5.58. The van der Waals surface area contributed by atoms with E-state index < -0.39 is 11.8 Å². The zero-order valence-electron chi connectivity index (χ0n) is 21.7. The van der Waals surface area contributed by atoms with Crippen molar-refractivity contribution in [3.63, 3.8) is 0 Å². The van der Waals surface area contributed by atoms with E-state index in [-0.39, 0.29) is 18.3 Å². The number of pyridine rings is 1. The largest absolute Gasteiger partial charge is 0.478 e. The Morgan fingerprint density at radius 1 is 1.23 bits per heavy atom. The Kier molecular flexibility index (Phi) is 7.51. The molecule has 1 saturated heterocycles. The van der Waals surface area contributed by atoms with Gasteiger partial charge in [0.1, 0.15) is 18.2 Å². The first kappa shape index (κ1) is 26.4. The van der Waals surface area contributed by atoms with Gasteiger partial charge in [0, 0.05) is 42.0 Å². The maximum absolute atomic E-state index is 14.2. The highest BCUT2D eigenvalue weighted by molar-refractivity contribution is 6.30. The highest BCUT2D eigenvalue weighted by Crippen LogP contribution is 2.30. The molecule has 0 bridgehead atoms. The minimum atomic E-state index is -0.957. The number of hydrogen-bond donors (Lipinski definition) is 1. The summed E-state index contributed by atoms with van der Waals surface area (Å²) in [6.45, 7) is 3.58. The first-order valence-electron chi connectivity index (χ1n) is 13.2. The van der Waals surface area contributed by atoms with E-state index in [0.29, 0.717) is 36.1 Å². The molecule has 0 saturated carbocycles. The lowest BCUT2D eigenvalue weighted by atomic mass is 10.0. The molecule has 4 aromatic rings. The molecule has 6 rings (SSSR count). The number of carbonyl (C=O) groups is 1. The fraction of sp³-hybridized carbons (Fsp3) is 0.300. The Balaban J connectivity index is 1.18. The van der Waals surface area contributed by atoms with Gasteiger partial charge < -0.3 is 19.1 Å². The third-order valence-corrected chi connectivity index (χ3v) is 7.64. The zero-order valence-corrected chi connectivity index (χ0v) is 22.5. The van der Waals surface area contributed by atoms with E-state index in [2.05, 4.69) is 20.5 Å². The molecule has 40 heavy (non-hydrogen) atoms. The fourth-order valence-electron chi connectivity index (χ4n) is 5.10. The Morgan fingerprint density at radius 3 is 2.83 bits per heavy atom. The molecule has 10 heteroatoms. The van der Waals surface area contributed by atoms with Gasteiger partial charge in [-0.25, -0.2) is 19.2 Å². The molecule has 2 aliphatic rings. The smallest absolute Gasteiger partial charge is 0.335 e. The molecule has 2 aromatic heterocycles. The molecule has 0 amide bonds. The van der Waals surface area contributed by atoms with Crippen LogP contribution < -0.4 is 4.74 Å². The monoisotopic (exact) mass is 562 g/mol. The molecule has 2 aliphatic heterocycles. The lowest BCUT2D eigenvalue weighted by Gasteiger charge is -2.29. The van der Waals surface area contributed by atoms with Gasteiger partial charge in [-0.05, 0) is 60.9 Å². The number of benzene rings is 2. The summed E-state index contributed by atoms with van der Waals surface area (Å²) in [5, 5.41) is 9.83. The Morgan fingerprint density at radius 2 is 2.10 bits per heavy atom. The van der Waals surface area contributed by atoms with E-state index in [9.17, 15) is 14.3 Å². The number of carboxylic acid groups (broad SMARTS) is 1. The van der Waals surface area contributed by atoms with Crippen LogP contribution >= 0.6 is 11.6 Å². The number of hydrogen-bond acceptors (Lipinski definition) is 6. The Hall–Kier alpha value is -3.79. The second-order valence-electron chi connectivity index (χ2n) is 10.0. The van der Waals surface area contributed by atoms with Crippen molar-refractivity contribution in [2.24, 2.45) is 0 Å². The zero-order chi connectivity index (χ0) is 27.6. The van der Waals surface area contributed by atoms with E-state index in [1.165, 1.54) is 6.07 Å². The molecule has 0 aliphatic carbocycles. The summed E-state index contributed by atoms with van der Waals surface area (Å²) < 4.78 is 27.9. The predicted molar refractivity (Wildman–Crippen MR) is 149 cm³/mol. The van der Waals surface area contributed by atoms with Gasteiger partial charge in [-0.15, -0.1) is 0 Å². The minimum absolute atomic E-state index is 0.0525. The number of carboxylic acids is 1. The van der Waals surface area contributed by atoms with E-state index in [1.807, 2.05) is 12.1 Å². The summed E-state index contributed by atoms with van der Waals surface area (Å²) in [6, 6.07) is 13.4. The summed E-state index contributed by atoms with van der Waals surface area (Å²) in [5.41, 5.74) is 4.27. The van der Waals surface area contributed by atoms with Crippen LogP contribution in [0, 0.1) is 5.82 Å². The van der Waals surface area contributed by atoms with Gasteiger partial charge in [0.25, 0.3) is 0 Å². The van der Waals surface area contributed by atoms with Gasteiger partial charge in [0.05, 0.1) is 35.8 Å². The average Bonchev–Trinajstić information content (AvgIpc) is 3.26. The van der Waals surface area contributed by atoms with Crippen molar-refractivity contribution in [3.05, 3.63) is 94.2 Å². The van der Waals surface area contributed by atoms with Crippen LogP contribution in [0.5, 0.6) is 5.88 Å². The van der Waals surface area contributed by atoms with Crippen molar-refractivity contribution >= 4 is 34.2 Å². The lowest BCUT2D eigenvalue weighted by molar-refractivity contribution is -0.0591. The van der Waals surface area contributed by atoms with Crippen molar-refractivity contribution in [3.8, 4) is 5.88 Å². The van der Waals surface area contributed by atoms with Gasteiger partial charge in [0.2, 0.25) is 5.88 Å². The molecule has 1 fully saturated rings. The van der Waals surface area contributed by atoms with Crippen LogP contribution in [-0.4, -0.2) is 56.3 Å². The van der Waals surface area contributed by atoms with Gasteiger partial charge in [-0.3, -0.25) is 4.90 Å². The second-order valence-corrected chi connectivity index (χ2v) is 10.5. The van der Waals surface area contributed by atoms with E-state index in [0.717, 1.165) is 54.0 Å². The first-order chi connectivity index (χ1) is 19.4. The Labute approximate surface area is 235 Å². The number of rotatable bonds is 9. The summed E-state index contributed by atoms with van der Waals surface area (Å²) in [4.78, 5) is 23.1. The number of aromatic carboxylic acids is 1. The normalized spacial score (nSPS) is 17.4. The van der Waals surface area contributed by atoms with Crippen molar-refractivity contribution in [1.29, 1.82) is 0 Å². The first-order valence-corrected chi connectivity index (χ1v) is 13.6. The lowest BCUT2D eigenvalue weighted by Crippen LogP contribution is -2.33. The Bertz CT molecular complexity index is 1600. The molecule has 1 atom stereocenters. The van der Waals surface area contributed by atoms with Gasteiger partial charge in [0.15, 0.2) is 0 Å². The highest BCUT2D eigenvalue weighted by atomic mass is 35.5. The van der Waals surface area contributed by atoms with Gasteiger partial charge in [-0.2, -0.15) is 0 Å². The van der Waals surface area contributed by atoms with Crippen LogP contribution in [-0.2, 0) is 24.4 Å². The van der Waals surface area contributed by atoms with Crippen LogP contribution in [0.25, 0.3) is 16.6 Å². The summed E-state index contributed by atoms with van der Waals surface area (Å²) in [5.74, 6) is -0.0122. The van der Waals surface area contributed by atoms with Crippen molar-refractivity contribution in [2.45, 2.75) is 38.6 Å². The third kappa shape index (κ3) is 5.58. The summed E-state index contributed by atoms with van der Waals surface area (Å²) >= 11 is 5.86. The van der Waals surface area contributed by atoms with Crippen molar-refractivity contribution in [1.82, 2.24) is 19.4 Å². The van der Waals surface area contributed by atoms with Crippen molar-refractivity contribution in [2.75, 3.05) is 19.7 Å². The van der Waals surface area contributed by atoms with Crippen LogP contribution in [0.15, 0.2) is 60.8 Å². The second kappa shape index (κ2) is 11.4. The number of ether oxygens (including phenoxy) is 2. The molecule has 0 radical (unpaired) electrons.